The molecule has 5 heteroatoms. The normalized spacial score (nSPS) is 13.8. The summed E-state index contributed by atoms with van der Waals surface area (Å²) in [6.07, 6.45) is 1.44. The van der Waals surface area contributed by atoms with E-state index in [1.807, 2.05) is 6.92 Å². The average Bonchev–Trinajstić information content (AvgIpc) is 2.47. The molecule has 1 aromatic carbocycles. The topological polar surface area (TPSA) is 89.8 Å². The van der Waals surface area contributed by atoms with Gasteiger partial charge in [-0.1, -0.05) is 6.92 Å². The summed E-state index contributed by atoms with van der Waals surface area (Å²) in [5.41, 5.74) is 0.750. The third kappa shape index (κ3) is 4.72. The van der Waals surface area contributed by atoms with Crippen molar-refractivity contribution in [3.63, 3.8) is 0 Å². The zero-order valence-electron chi connectivity index (χ0n) is 12.9. The number of carbonyl (C=O) groups excluding carboxylic acids is 1. The second-order valence-corrected chi connectivity index (χ2v) is 5.55. The van der Waals surface area contributed by atoms with Gasteiger partial charge in [0, 0.05) is 18.7 Å². The molecule has 0 aliphatic rings. The van der Waals surface area contributed by atoms with Crippen LogP contribution < -0.4 is 5.32 Å². The molecule has 1 rings (SSSR count). The van der Waals surface area contributed by atoms with Crippen LogP contribution in [0.4, 0.5) is 0 Å². The predicted molar refractivity (Wildman–Crippen MR) is 81.5 cm³/mol. The predicted octanol–water partition coefficient (Wildman–Crippen LogP) is 1.65. The van der Waals surface area contributed by atoms with E-state index in [9.17, 15) is 15.0 Å². The van der Waals surface area contributed by atoms with Crippen molar-refractivity contribution in [2.24, 2.45) is 0 Å². The van der Waals surface area contributed by atoms with Crippen molar-refractivity contribution in [2.45, 2.75) is 45.6 Å². The lowest BCUT2D eigenvalue weighted by Crippen LogP contribution is -2.42. The van der Waals surface area contributed by atoms with Gasteiger partial charge in [-0.05, 0) is 56.4 Å². The Kier molecular flexibility index (Phi) is 6.18. The standard InChI is InChI=1S/C16H25NO4/c1-4-16(21,6-5-7-18)10-17-15(20)13-8-11(2)14(19)12(3)9-13/h8-9,18-19,21H,4-7,10H2,1-3H3,(H,17,20)/t16-/m1/s1. The quantitative estimate of drug-likeness (QED) is 0.616. The molecule has 1 amide bonds. The third-order valence-electron chi connectivity index (χ3n) is 3.79. The maximum absolute atomic E-state index is 12.1. The summed E-state index contributed by atoms with van der Waals surface area (Å²) in [7, 11) is 0. The number of phenols is 1. The molecule has 5 nitrogen and oxygen atoms in total. The minimum Gasteiger partial charge on any atom is -0.507 e. The Balaban J connectivity index is 2.73. The lowest BCUT2D eigenvalue weighted by Gasteiger charge is -2.27. The average molecular weight is 295 g/mol. The van der Waals surface area contributed by atoms with E-state index in [0.717, 1.165) is 0 Å². The van der Waals surface area contributed by atoms with Crippen LogP contribution in [0.1, 0.15) is 47.7 Å². The molecular formula is C16H25NO4. The molecule has 0 aliphatic heterocycles. The van der Waals surface area contributed by atoms with Crippen molar-refractivity contribution < 1.29 is 20.1 Å². The summed E-state index contributed by atoms with van der Waals surface area (Å²) in [6.45, 7) is 5.48. The van der Waals surface area contributed by atoms with E-state index in [-0.39, 0.29) is 24.8 Å². The van der Waals surface area contributed by atoms with Crippen LogP contribution in [0.3, 0.4) is 0 Å². The Bertz CT molecular complexity index is 478. The number of aliphatic hydroxyl groups is 2. The van der Waals surface area contributed by atoms with Crippen LogP contribution in [-0.2, 0) is 0 Å². The van der Waals surface area contributed by atoms with Gasteiger partial charge in [0.2, 0.25) is 0 Å². The number of carbonyl (C=O) groups is 1. The molecule has 21 heavy (non-hydrogen) atoms. The van der Waals surface area contributed by atoms with Gasteiger partial charge in [-0.3, -0.25) is 4.79 Å². The van der Waals surface area contributed by atoms with Gasteiger partial charge in [-0.2, -0.15) is 0 Å². The fraction of sp³-hybridized carbons (Fsp3) is 0.562. The van der Waals surface area contributed by atoms with Gasteiger partial charge >= 0.3 is 0 Å². The minimum absolute atomic E-state index is 0.0204. The lowest BCUT2D eigenvalue weighted by atomic mass is 9.94. The van der Waals surface area contributed by atoms with Gasteiger partial charge in [-0.15, -0.1) is 0 Å². The van der Waals surface area contributed by atoms with Crippen molar-refractivity contribution in [3.05, 3.63) is 28.8 Å². The van der Waals surface area contributed by atoms with Gasteiger partial charge in [0.15, 0.2) is 0 Å². The number of rotatable bonds is 7. The molecule has 0 radical (unpaired) electrons. The first-order chi connectivity index (χ1) is 9.83. The third-order valence-corrected chi connectivity index (χ3v) is 3.79. The zero-order chi connectivity index (χ0) is 16.0. The second kappa shape index (κ2) is 7.43. The molecule has 0 saturated heterocycles. The number of phenolic OH excluding ortho intramolecular Hbond substituents is 1. The SMILES string of the molecule is CC[C@@](O)(CCCO)CNC(=O)c1cc(C)c(O)c(C)c1. The molecule has 1 atom stereocenters. The van der Waals surface area contributed by atoms with Gasteiger partial charge in [0.05, 0.1) is 5.60 Å². The van der Waals surface area contributed by atoms with Crippen LogP contribution in [-0.4, -0.2) is 40.0 Å². The maximum atomic E-state index is 12.1. The first-order valence-electron chi connectivity index (χ1n) is 7.24. The number of hydrogen-bond donors (Lipinski definition) is 4. The molecule has 0 saturated carbocycles. The first kappa shape index (κ1) is 17.5. The van der Waals surface area contributed by atoms with Gasteiger partial charge < -0.3 is 20.6 Å². The number of aliphatic hydroxyl groups excluding tert-OH is 1. The largest absolute Gasteiger partial charge is 0.507 e. The number of aromatic hydroxyl groups is 1. The van der Waals surface area contributed by atoms with E-state index in [0.29, 0.717) is 36.0 Å². The Labute approximate surface area is 125 Å². The van der Waals surface area contributed by atoms with Crippen LogP contribution in [0.15, 0.2) is 12.1 Å². The number of benzene rings is 1. The van der Waals surface area contributed by atoms with Gasteiger partial charge in [-0.25, -0.2) is 0 Å². The highest BCUT2D eigenvalue weighted by molar-refractivity contribution is 5.94. The smallest absolute Gasteiger partial charge is 0.251 e. The summed E-state index contributed by atoms with van der Waals surface area (Å²) in [6, 6.07) is 3.24. The fourth-order valence-corrected chi connectivity index (χ4v) is 2.23. The highest BCUT2D eigenvalue weighted by Gasteiger charge is 2.25. The van der Waals surface area contributed by atoms with Gasteiger partial charge in [0.25, 0.3) is 5.91 Å². The Hall–Kier alpha value is -1.59. The summed E-state index contributed by atoms with van der Waals surface area (Å²) in [5, 5.41) is 31.6. The first-order valence-corrected chi connectivity index (χ1v) is 7.24. The summed E-state index contributed by atoms with van der Waals surface area (Å²) in [4.78, 5) is 12.1. The Morgan fingerprint density at radius 1 is 1.29 bits per heavy atom. The molecule has 118 valence electrons. The molecule has 0 heterocycles. The number of hydrogen-bond acceptors (Lipinski definition) is 4. The summed E-state index contributed by atoms with van der Waals surface area (Å²) >= 11 is 0. The molecule has 1 aromatic rings. The molecule has 4 N–H and O–H groups in total. The Morgan fingerprint density at radius 3 is 2.33 bits per heavy atom. The highest BCUT2D eigenvalue weighted by atomic mass is 16.3. The Morgan fingerprint density at radius 2 is 1.86 bits per heavy atom. The monoisotopic (exact) mass is 295 g/mol. The molecule has 0 fully saturated rings. The summed E-state index contributed by atoms with van der Waals surface area (Å²) < 4.78 is 0. The van der Waals surface area contributed by atoms with Crippen LogP contribution >= 0.6 is 0 Å². The van der Waals surface area contributed by atoms with E-state index in [2.05, 4.69) is 5.32 Å². The van der Waals surface area contributed by atoms with Crippen molar-refractivity contribution in [2.75, 3.05) is 13.2 Å². The van der Waals surface area contributed by atoms with E-state index in [1.165, 1.54) is 0 Å². The molecular weight excluding hydrogens is 270 g/mol. The summed E-state index contributed by atoms with van der Waals surface area (Å²) in [5.74, 6) is -0.0865. The van der Waals surface area contributed by atoms with Crippen molar-refractivity contribution in [1.82, 2.24) is 5.32 Å². The van der Waals surface area contributed by atoms with E-state index >= 15 is 0 Å². The molecule has 0 bridgehead atoms. The molecule has 0 unspecified atom stereocenters. The van der Waals surface area contributed by atoms with E-state index in [1.54, 1.807) is 26.0 Å². The van der Waals surface area contributed by atoms with Gasteiger partial charge in [0.1, 0.15) is 5.75 Å². The second-order valence-electron chi connectivity index (χ2n) is 5.55. The molecule has 0 aromatic heterocycles. The number of amides is 1. The van der Waals surface area contributed by atoms with Crippen LogP contribution in [0.25, 0.3) is 0 Å². The number of nitrogens with one attached hydrogen (secondary N) is 1. The van der Waals surface area contributed by atoms with Crippen molar-refractivity contribution in [1.29, 1.82) is 0 Å². The van der Waals surface area contributed by atoms with Crippen LogP contribution in [0.5, 0.6) is 5.75 Å². The lowest BCUT2D eigenvalue weighted by molar-refractivity contribution is 0.0212. The molecule has 0 spiro atoms. The fourth-order valence-electron chi connectivity index (χ4n) is 2.23. The van der Waals surface area contributed by atoms with Crippen molar-refractivity contribution in [3.8, 4) is 5.75 Å². The highest BCUT2D eigenvalue weighted by Crippen LogP contribution is 2.23. The maximum Gasteiger partial charge on any atom is 0.251 e. The minimum atomic E-state index is -1.00. The van der Waals surface area contributed by atoms with Crippen molar-refractivity contribution >= 4 is 5.91 Å². The van der Waals surface area contributed by atoms with E-state index < -0.39 is 5.60 Å². The van der Waals surface area contributed by atoms with Crippen LogP contribution in [0.2, 0.25) is 0 Å². The van der Waals surface area contributed by atoms with Crippen LogP contribution in [0, 0.1) is 13.8 Å². The number of aryl methyl sites for hydroxylation is 2. The zero-order valence-corrected chi connectivity index (χ0v) is 12.9. The molecule has 0 aliphatic carbocycles. The van der Waals surface area contributed by atoms with E-state index in [4.69, 9.17) is 5.11 Å².